The number of rotatable bonds is 3. The zero-order valence-corrected chi connectivity index (χ0v) is 16.5. The van der Waals surface area contributed by atoms with Crippen LogP contribution in [0.1, 0.15) is 62.6 Å². The Labute approximate surface area is 163 Å². The maximum absolute atomic E-state index is 11.6. The van der Waals surface area contributed by atoms with Crippen molar-refractivity contribution >= 4 is 5.91 Å². The van der Waals surface area contributed by atoms with Crippen molar-refractivity contribution < 1.29 is 4.79 Å². The van der Waals surface area contributed by atoms with Crippen molar-refractivity contribution in [3.05, 3.63) is 47.5 Å². The van der Waals surface area contributed by atoms with Crippen molar-refractivity contribution in [2.75, 3.05) is 19.6 Å². The molecule has 4 aliphatic rings. The fourth-order valence-electron chi connectivity index (χ4n) is 6.51. The highest BCUT2D eigenvalue weighted by Crippen LogP contribution is 2.49. The summed E-state index contributed by atoms with van der Waals surface area (Å²) >= 11 is 0. The van der Waals surface area contributed by atoms with Crippen molar-refractivity contribution in [3.63, 3.8) is 0 Å². The molecule has 4 atom stereocenters. The molecule has 3 unspecified atom stereocenters. The Hall–Kier alpha value is -1.61. The second-order valence-corrected chi connectivity index (χ2v) is 9.50. The van der Waals surface area contributed by atoms with Gasteiger partial charge in [0, 0.05) is 13.5 Å². The predicted molar refractivity (Wildman–Crippen MR) is 108 cm³/mol. The van der Waals surface area contributed by atoms with Gasteiger partial charge in [0.05, 0.1) is 6.04 Å². The van der Waals surface area contributed by atoms with E-state index in [0.29, 0.717) is 5.41 Å². The summed E-state index contributed by atoms with van der Waals surface area (Å²) in [6.45, 7) is 5.40. The standard InChI is InChI=1S/C24H32N2O/c1-17(27)25-23-8-9-24(22-5-3-2-4-21(22)23)10-12-26(13-11-24)16-20-15-18-6-7-19(20)14-18/h2-7,18-20,23H,8-16H2,1H3,(H,25,27)/t18?,19?,20?,23-/m1/s1. The number of allylic oxidation sites excluding steroid dienone is 2. The Morgan fingerprint density at radius 1 is 1.15 bits per heavy atom. The van der Waals surface area contributed by atoms with E-state index in [2.05, 4.69) is 46.6 Å². The fraction of sp³-hybridized carbons (Fsp3) is 0.625. The van der Waals surface area contributed by atoms with E-state index in [4.69, 9.17) is 0 Å². The van der Waals surface area contributed by atoms with Crippen LogP contribution in [0.15, 0.2) is 36.4 Å². The largest absolute Gasteiger partial charge is 0.350 e. The first-order valence-electron chi connectivity index (χ1n) is 10.9. The molecule has 144 valence electrons. The monoisotopic (exact) mass is 364 g/mol. The maximum atomic E-state index is 11.6. The van der Waals surface area contributed by atoms with Gasteiger partial charge < -0.3 is 10.2 Å². The summed E-state index contributed by atoms with van der Waals surface area (Å²) in [4.78, 5) is 14.4. The molecule has 0 radical (unpaired) electrons. The van der Waals surface area contributed by atoms with Crippen molar-refractivity contribution in [3.8, 4) is 0 Å². The number of carbonyl (C=O) groups is 1. The van der Waals surface area contributed by atoms with E-state index >= 15 is 0 Å². The zero-order chi connectivity index (χ0) is 18.4. The van der Waals surface area contributed by atoms with Gasteiger partial charge in [-0.25, -0.2) is 0 Å². The molecule has 5 rings (SSSR count). The van der Waals surface area contributed by atoms with Gasteiger partial charge in [-0.1, -0.05) is 36.4 Å². The maximum Gasteiger partial charge on any atom is 0.217 e. The minimum atomic E-state index is 0.0838. The lowest BCUT2D eigenvalue weighted by molar-refractivity contribution is -0.119. The van der Waals surface area contributed by atoms with Gasteiger partial charge in [-0.05, 0) is 85.9 Å². The molecule has 0 aromatic heterocycles. The number of piperidine rings is 1. The lowest BCUT2D eigenvalue weighted by Crippen LogP contribution is -2.47. The minimum Gasteiger partial charge on any atom is -0.350 e. The van der Waals surface area contributed by atoms with E-state index in [0.717, 1.165) is 24.2 Å². The second-order valence-electron chi connectivity index (χ2n) is 9.50. The Balaban J connectivity index is 1.28. The van der Waals surface area contributed by atoms with Crippen molar-refractivity contribution in [1.29, 1.82) is 0 Å². The molecule has 2 bridgehead atoms. The Bertz CT molecular complexity index is 747. The fourth-order valence-corrected chi connectivity index (χ4v) is 6.51. The third-order valence-electron chi connectivity index (χ3n) is 7.92. The quantitative estimate of drug-likeness (QED) is 0.815. The van der Waals surface area contributed by atoms with E-state index in [1.165, 1.54) is 62.9 Å². The highest BCUT2D eigenvalue weighted by atomic mass is 16.1. The number of likely N-dealkylation sites (tertiary alicyclic amines) is 1. The molecular weight excluding hydrogens is 332 g/mol. The highest BCUT2D eigenvalue weighted by Gasteiger charge is 2.43. The first-order valence-corrected chi connectivity index (χ1v) is 10.9. The summed E-state index contributed by atoms with van der Waals surface area (Å²) < 4.78 is 0. The minimum absolute atomic E-state index is 0.0838. The molecule has 1 heterocycles. The number of hydrogen-bond donors (Lipinski definition) is 1. The van der Waals surface area contributed by atoms with Gasteiger partial charge in [-0.15, -0.1) is 0 Å². The molecule has 1 aliphatic heterocycles. The SMILES string of the molecule is CC(=O)N[C@@H]1CCC2(CCN(CC3CC4C=CC3C4)CC2)c2ccccc21. The molecule has 2 fully saturated rings. The molecule has 1 amide bonds. The van der Waals surface area contributed by atoms with Crippen LogP contribution in [0, 0.1) is 17.8 Å². The molecule has 1 aromatic carbocycles. The first kappa shape index (κ1) is 17.5. The molecule has 3 aliphatic carbocycles. The van der Waals surface area contributed by atoms with Crippen LogP contribution in [0.5, 0.6) is 0 Å². The topological polar surface area (TPSA) is 32.3 Å². The Morgan fingerprint density at radius 3 is 2.67 bits per heavy atom. The number of nitrogens with zero attached hydrogens (tertiary/aromatic N) is 1. The van der Waals surface area contributed by atoms with Crippen LogP contribution in [0.4, 0.5) is 0 Å². The molecule has 27 heavy (non-hydrogen) atoms. The number of hydrogen-bond acceptors (Lipinski definition) is 2. The van der Waals surface area contributed by atoms with Crippen LogP contribution in [-0.2, 0) is 10.2 Å². The van der Waals surface area contributed by atoms with Gasteiger partial charge in [0.1, 0.15) is 0 Å². The number of carbonyl (C=O) groups excluding carboxylic acids is 1. The lowest BCUT2D eigenvalue weighted by atomic mass is 9.63. The number of nitrogens with one attached hydrogen (secondary N) is 1. The van der Waals surface area contributed by atoms with E-state index in [-0.39, 0.29) is 11.9 Å². The summed E-state index contributed by atoms with van der Waals surface area (Å²) in [5.74, 6) is 2.73. The first-order chi connectivity index (χ1) is 13.1. The molecule has 1 spiro atoms. The highest BCUT2D eigenvalue weighted by molar-refractivity contribution is 5.73. The van der Waals surface area contributed by atoms with Crippen molar-refractivity contribution in [2.45, 2.75) is 56.9 Å². The Kier molecular flexibility index (Phi) is 4.39. The van der Waals surface area contributed by atoms with Gasteiger partial charge >= 0.3 is 0 Å². The number of fused-ring (bicyclic) bond motifs is 4. The summed E-state index contributed by atoms with van der Waals surface area (Å²) in [7, 11) is 0. The zero-order valence-electron chi connectivity index (χ0n) is 16.5. The molecule has 1 aromatic rings. The molecule has 1 saturated heterocycles. The third kappa shape index (κ3) is 3.14. The average molecular weight is 365 g/mol. The van der Waals surface area contributed by atoms with Gasteiger partial charge in [0.15, 0.2) is 0 Å². The van der Waals surface area contributed by atoms with Gasteiger partial charge in [-0.3, -0.25) is 4.79 Å². The summed E-state index contributed by atoms with van der Waals surface area (Å²) in [6.07, 6.45) is 12.6. The van der Waals surface area contributed by atoms with Crippen LogP contribution in [0.3, 0.4) is 0 Å². The van der Waals surface area contributed by atoms with Gasteiger partial charge in [-0.2, -0.15) is 0 Å². The molecule has 1 saturated carbocycles. The predicted octanol–water partition coefficient (Wildman–Crippen LogP) is 4.20. The third-order valence-corrected chi connectivity index (χ3v) is 7.92. The van der Waals surface area contributed by atoms with Gasteiger partial charge in [0.2, 0.25) is 5.91 Å². The van der Waals surface area contributed by atoms with Crippen LogP contribution >= 0.6 is 0 Å². The number of benzene rings is 1. The van der Waals surface area contributed by atoms with Gasteiger partial charge in [0.25, 0.3) is 0 Å². The smallest absolute Gasteiger partial charge is 0.217 e. The lowest BCUT2D eigenvalue weighted by Gasteiger charge is -2.48. The normalized spacial score (nSPS) is 34.0. The average Bonchev–Trinajstić information content (AvgIpc) is 3.29. The van der Waals surface area contributed by atoms with Crippen molar-refractivity contribution in [1.82, 2.24) is 10.2 Å². The molecule has 3 heteroatoms. The van der Waals surface area contributed by atoms with E-state index < -0.39 is 0 Å². The Morgan fingerprint density at radius 2 is 1.96 bits per heavy atom. The van der Waals surface area contributed by atoms with Crippen LogP contribution < -0.4 is 5.32 Å². The number of amides is 1. The summed E-state index contributed by atoms with van der Waals surface area (Å²) in [5.41, 5.74) is 3.21. The van der Waals surface area contributed by atoms with Crippen LogP contribution in [0.25, 0.3) is 0 Å². The molecular formula is C24H32N2O. The second kappa shape index (κ2) is 6.77. The van der Waals surface area contributed by atoms with E-state index in [1.54, 1.807) is 6.92 Å². The van der Waals surface area contributed by atoms with Crippen molar-refractivity contribution in [2.24, 2.45) is 17.8 Å². The summed E-state index contributed by atoms with van der Waals surface area (Å²) in [5, 5.41) is 3.18. The van der Waals surface area contributed by atoms with E-state index in [1.807, 2.05) is 0 Å². The summed E-state index contributed by atoms with van der Waals surface area (Å²) in [6, 6.07) is 9.09. The van der Waals surface area contributed by atoms with E-state index in [9.17, 15) is 4.79 Å². The van der Waals surface area contributed by atoms with Crippen LogP contribution in [-0.4, -0.2) is 30.4 Å². The molecule has 1 N–H and O–H groups in total. The van der Waals surface area contributed by atoms with Crippen LogP contribution in [0.2, 0.25) is 0 Å². The molecule has 3 nitrogen and oxygen atoms in total.